The molecule has 0 aliphatic rings. The lowest BCUT2D eigenvalue weighted by Crippen LogP contribution is -2.33. The fourth-order valence-corrected chi connectivity index (χ4v) is 1.71. The summed E-state index contributed by atoms with van der Waals surface area (Å²) in [5.41, 5.74) is 0.844. The number of hydrogen-bond acceptors (Lipinski definition) is 6. The standard InChI is InChI=1S/C17H24O6/c1-12(2)10-22-17(20)15(23-13(3)18)9-16(19)21-11-14-7-5-4-6-8-14/h4-8,12-13,15,18H,9-11H2,1-3H3/t13?,15-/m0/s1. The van der Waals surface area contributed by atoms with Crippen LogP contribution in [0.25, 0.3) is 0 Å². The minimum atomic E-state index is -1.19. The number of hydrogen-bond donors (Lipinski definition) is 1. The Labute approximate surface area is 136 Å². The van der Waals surface area contributed by atoms with E-state index >= 15 is 0 Å². The third kappa shape index (κ3) is 8.32. The lowest BCUT2D eigenvalue weighted by molar-refractivity contribution is -0.183. The van der Waals surface area contributed by atoms with Gasteiger partial charge in [0.15, 0.2) is 12.4 Å². The number of aliphatic hydroxyl groups excluding tert-OH is 1. The van der Waals surface area contributed by atoms with E-state index in [2.05, 4.69) is 0 Å². The molecule has 0 aliphatic heterocycles. The average Bonchev–Trinajstić information content (AvgIpc) is 2.50. The summed E-state index contributed by atoms with van der Waals surface area (Å²) in [6, 6.07) is 9.20. The molecule has 6 nitrogen and oxygen atoms in total. The minimum Gasteiger partial charge on any atom is -0.463 e. The molecule has 0 saturated heterocycles. The molecule has 0 radical (unpaired) electrons. The number of rotatable bonds is 9. The van der Waals surface area contributed by atoms with Gasteiger partial charge >= 0.3 is 11.9 Å². The van der Waals surface area contributed by atoms with E-state index in [1.165, 1.54) is 6.92 Å². The monoisotopic (exact) mass is 324 g/mol. The Balaban J connectivity index is 2.51. The van der Waals surface area contributed by atoms with Gasteiger partial charge in [0.05, 0.1) is 13.0 Å². The van der Waals surface area contributed by atoms with Crippen LogP contribution in [0.5, 0.6) is 0 Å². The third-order valence-corrected chi connectivity index (χ3v) is 2.78. The normalized spacial score (nSPS) is 13.4. The second kappa shape index (κ2) is 9.97. The zero-order valence-electron chi connectivity index (χ0n) is 13.7. The van der Waals surface area contributed by atoms with Crippen LogP contribution < -0.4 is 0 Å². The van der Waals surface area contributed by atoms with E-state index in [0.29, 0.717) is 0 Å². The van der Waals surface area contributed by atoms with Gasteiger partial charge in [0, 0.05) is 0 Å². The van der Waals surface area contributed by atoms with Crippen LogP contribution in [0.3, 0.4) is 0 Å². The maximum atomic E-state index is 11.9. The van der Waals surface area contributed by atoms with Crippen molar-refractivity contribution >= 4 is 11.9 Å². The fourth-order valence-electron chi connectivity index (χ4n) is 1.71. The van der Waals surface area contributed by atoms with E-state index in [-0.39, 0.29) is 25.6 Å². The Morgan fingerprint density at radius 2 is 1.74 bits per heavy atom. The first-order valence-corrected chi connectivity index (χ1v) is 7.58. The largest absolute Gasteiger partial charge is 0.463 e. The molecule has 1 rings (SSSR count). The van der Waals surface area contributed by atoms with Gasteiger partial charge < -0.3 is 19.3 Å². The number of ether oxygens (including phenoxy) is 3. The van der Waals surface area contributed by atoms with Crippen molar-refractivity contribution in [1.29, 1.82) is 0 Å². The van der Waals surface area contributed by atoms with Gasteiger partial charge in [-0.3, -0.25) is 4.79 Å². The number of carbonyl (C=O) groups is 2. The lowest BCUT2D eigenvalue weighted by atomic mass is 10.2. The maximum absolute atomic E-state index is 11.9. The number of carbonyl (C=O) groups excluding carboxylic acids is 2. The van der Waals surface area contributed by atoms with E-state index in [0.717, 1.165) is 5.56 Å². The minimum absolute atomic E-state index is 0.113. The molecule has 0 saturated carbocycles. The Morgan fingerprint density at radius 3 is 2.30 bits per heavy atom. The molecule has 0 aliphatic carbocycles. The van der Waals surface area contributed by atoms with Gasteiger partial charge in [-0.15, -0.1) is 0 Å². The van der Waals surface area contributed by atoms with Crippen LogP contribution >= 0.6 is 0 Å². The van der Waals surface area contributed by atoms with E-state index < -0.39 is 24.3 Å². The van der Waals surface area contributed by atoms with Gasteiger partial charge in [-0.1, -0.05) is 44.2 Å². The number of esters is 2. The first kappa shape index (κ1) is 19.1. The van der Waals surface area contributed by atoms with Crippen molar-refractivity contribution in [2.75, 3.05) is 6.61 Å². The molecule has 128 valence electrons. The molecule has 0 amide bonds. The molecule has 6 heteroatoms. The highest BCUT2D eigenvalue weighted by Gasteiger charge is 2.27. The average molecular weight is 324 g/mol. The summed E-state index contributed by atoms with van der Waals surface area (Å²) < 4.78 is 15.2. The van der Waals surface area contributed by atoms with E-state index in [1.807, 2.05) is 44.2 Å². The number of benzene rings is 1. The van der Waals surface area contributed by atoms with Crippen LogP contribution in [0.1, 0.15) is 32.8 Å². The predicted octanol–water partition coefficient (Wildman–Crippen LogP) is 2.04. The van der Waals surface area contributed by atoms with Gasteiger partial charge in [-0.05, 0) is 18.4 Å². The Kier molecular flexibility index (Phi) is 8.29. The van der Waals surface area contributed by atoms with Gasteiger partial charge in [0.1, 0.15) is 6.61 Å². The molecular weight excluding hydrogens is 300 g/mol. The molecule has 0 aromatic heterocycles. The summed E-state index contributed by atoms with van der Waals surface area (Å²) in [6.45, 7) is 5.48. The lowest BCUT2D eigenvalue weighted by Gasteiger charge is -2.18. The summed E-state index contributed by atoms with van der Waals surface area (Å²) in [7, 11) is 0. The van der Waals surface area contributed by atoms with Crippen molar-refractivity contribution in [1.82, 2.24) is 0 Å². The Bertz CT molecular complexity index is 483. The fraction of sp³-hybridized carbons (Fsp3) is 0.529. The second-order valence-corrected chi connectivity index (χ2v) is 5.60. The molecule has 23 heavy (non-hydrogen) atoms. The smallest absolute Gasteiger partial charge is 0.336 e. The van der Waals surface area contributed by atoms with Crippen LogP contribution in [0.15, 0.2) is 30.3 Å². The van der Waals surface area contributed by atoms with Crippen LogP contribution in [0, 0.1) is 5.92 Å². The Hall–Kier alpha value is -1.92. The summed E-state index contributed by atoms with van der Waals surface area (Å²) in [5.74, 6) is -1.12. The zero-order valence-corrected chi connectivity index (χ0v) is 13.7. The van der Waals surface area contributed by atoms with E-state index in [1.54, 1.807) is 0 Å². The van der Waals surface area contributed by atoms with Crippen molar-refractivity contribution in [3.8, 4) is 0 Å². The molecule has 0 bridgehead atoms. The molecule has 1 N–H and O–H groups in total. The molecule has 0 fully saturated rings. The second-order valence-electron chi connectivity index (χ2n) is 5.60. The highest BCUT2D eigenvalue weighted by atomic mass is 16.6. The van der Waals surface area contributed by atoms with Crippen LogP contribution in [-0.2, 0) is 30.4 Å². The van der Waals surface area contributed by atoms with Gasteiger partial charge in [-0.2, -0.15) is 0 Å². The Morgan fingerprint density at radius 1 is 1.09 bits per heavy atom. The first-order chi connectivity index (χ1) is 10.9. The SMILES string of the molecule is CC(C)COC(=O)[C@H](CC(=O)OCc1ccccc1)OC(C)O. The third-order valence-electron chi connectivity index (χ3n) is 2.78. The molecule has 1 aromatic rings. The molecule has 0 heterocycles. The molecule has 1 aromatic carbocycles. The van der Waals surface area contributed by atoms with Gasteiger partial charge in [-0.25, -0.2) is 4.79 Å². The maximum Gasteiger partial charge on any atom is 0.336 e. The summed E-state index contributed by atoms with van der Waals surface area (Å²) in [4.78, 5) is 23.8. The molecule has 0 spiro atoms. The van der Waals surface area contributed by atoms with E-state index in [4.69, 9.17) is 14.2 Å². The summed E-state index contributed by atoms with van der Waals surface area (Å²) >= 11 is 0. The zero-order chi connectivity index (χ0) is 17.2. The number of aliphatic hydroxyl groups is 1. The molecule has 1 unspecified atom stereocenters. The topological polar surface area (TPSA) is 82.1 Å². The summed E-state index contributed by atoms with van der Waals surface area (Å²) in [6.07, 6.45) is -2.68. The van der Waals surface area contributed by atoms with E-state index in [9.17, 15) is 14.7 Å². The highest BCUT2D eigenvalue weighted by Crippen LogP contribution is 2.09. The van der Waals surface area contributed by atoms with Crippen LogP contribution in [0.4, 0.5) is 0 Å². The van der Waals surface area contributed by atoms with Gasteiger partial charge in [0.25, 0.3) is 0 Å². The molecule has 2 atom stereocenters. The summed E-state index contributed by atoms with van der Waals surface area (Å²) in [5, 5.41) is 9.29. The van der Waals surface area contributed by atoms with Crippen molar-refractivity contribution in [3.05, 3.63) is 35.9 Å². The van der Waals surface area contributed by atoms with Crippen molar-refractivity contribution in [2.45, 2.75) is 46.2 Å². The first-order valence-electron chi connectivity index (χ1n) is 7.58. The van der Waals surface area contributed by atoms with Gasteiger partial charge in [0.2, 0.25) is 0 Å². The van der Waals surface area contributed by atoms with Crippen molar-refractivity contribution in [2.24, 2.45) is 5.92 Å². The van der Waals surface area contributed by atoms with Crippen molar-refractivity contribution < 1.29 is 28.9 Å². The predicted molar refractivity (Wildman–Crippen MR) is 83.2 cm³/mol. The highest BCUT2D eigenvalue weighted by molar-refractivity contribution is 5.81. The molecular formula is C17H24O6. The quantitative estimate of drug-likeness (QED) is 0.553. The van der Waals surface area contributed by atoms with Crippen LogP contribution in [-0.4, -0.2) is 36.0 Å². The van der Waals surface area contributed by atoms with Crippen molar-refractivity contribution in [3.63, 3.8) is 0 Å². The van der Waals surface area contributed by atoms with Crippen LogP contribution in [0.2, 0.25) is 0 Å².